The second-order valence-corrected chi connectivity index (χ2v) is 6.69. The Morgan fingerprint density at radius 2 is 2.07 bits per heavy atom. The van der Waals surface area contributed by atoms with Gasteiger partial charge in [-0.1, -0.05) is 35.9 Å². The molecule has 6 nitrogen and oxygen atoms in total. The van der Waals surface area contributed by atoms with Crippen molar-refractivity contribution in [1.29, 1.82) is 0 Å². The summed E-state index contributed by atoms with van der Waals surface area (Å²) in [5, 5.41) is 11.4. The molecule has 27 heavy (non-hydrogen) atoms. The van der Waals surface area contributed by atoms with Crippen molar-refractivity contribution in [3.63, 3.8) is 0 Å². The van der Waals surface area contributed by atoms with Gasteiger partial charge in [-0.3, -0.25) is 9.89 Å². The van der Waals surface area contributed by atoms with E-state index >= 15 is 0 Å². The molecule has 7 heteroatoms. The molecular formula is C20H18ClN5O. The Morgan fingerprint density at radius 3 is 2.81 bits per heavy atom. The van der Waals surface area contributed by atoms with Gasteiger partial charge in [0.05, 0.1) is 23.3 Å². The lowest BCUT2D eigenvalue weighted by atomic mass is 9.98. The van der Waals surface area contributed by atoms with Gasteiger partial charge >= 0.3 is 0 Å². The topological polar surface area (TPSA) is 99.6 Å². The van der Waals surface area contributed by atoms with Crippen LogP contribution in [0.1, 0.15) is 11.5 Å². The molecule has 4 aromatic rings. The number of carbonyl (C=O) groups excluding carboxylic acids is 1. The van der Waals surface area contributed by atoms with Crippen LogP contribution < -0.4 is 11.1 Å². The molecule has 2 aromatic carbocycles. The van der Waals surface area contributed by atoms with Crippen LogP contribution in [0.3, 0.4) is 0 Å². The van der Waals surface area contributed by atoms with E-state index < -0.39 is 5.92 Å². The zero-order valence-electron chi connectivity index (χ0n) is 14.4. The van der Waals surface area contributed by atoms with E-state index in [1.807, 2.05) is 42.7 Å². The highest BCUT2D eigenvalue weighted by atomic mass is 35.5. The first-order chi connectivity index (χ1) is 13.2. The minimum atomic E-state index is -0.484. The van der Waals surface area contributed by atoms with Crippen LogP contribution in [-0.2, 0) is 4.79 Å². The van der Waals surface area contributed by atoms with Gasteiger partial charge < -0.3 is 16.0 Å². The molecule has 0 fully saturated rings. The third-order valence-electron chi connectivity index (χ3n) is 4.59. The molecule has 0 saturated carbocycles. The molecule has 0 saturated heterocycles. The van der Waals surface area contributed by atoms with Crippen molar-refractivity contribution in [2.75, 3.05) is 11.9 Å². The maximum Gasteiger partial charge on any atom is 0.233 e. The predicted octanol–water partition coefficient (Wildman–Crippen LogP) is 3.89. The minimum absolute atomic E-state index is 0.174. The zero-order valence-corrected chi connectivity index (χ0v) is 15.1. The number of carbonyl (C=O) groups is 1. The fraction of sp³-hybridized carbons (Fsp3) is 0.100. The van der Waals surface area contributed by atoms with Gasteiger partial charge in [-0.05, 0) is 23.8 Å². The quantitative estimate of drug-likeness (QED) is 0.423. The molecular weight excluding hydrogens is 362 g/mol. The number of aromatic nitrogens is 3. The number of halogens is 1. The van der Waals surface area contributed by atoms with Crippen molar-refractivity contribution in [2.24, 2.45) is 5.73 Å². The van der Waals surface area contributed by atoms with Crippen LogP contribution in [0.5, 0.6) is 0 Å². The highest BCUT2D eigenvalue weighted by Crippen LogP contribution is 2.32. The number of nitrogens with two attached hydrogens (primary N) is 1. The number of nitrogens with zero attached hydrogens (tertiary/aromatic N) is 1. The summed E-state index contributed by atoms with van der Waals surface area (Å²) in [5.74, 6) is -0.658. The number of nitrogens with one attached hydrogen (secondary N) is 3. The molecule has 2 aromatic heterocycles. The van der Waals surface area contributed by atoms with Gasteiger partial charge in [0.2, 0.25) is 5.91 Å². The van der Waals surface area contributed by atoms with Crippen LogP contribution in [0, 0.1) is 0 Å². The molecule has 1 atom stereocenters. The Labute approximate surface area is 160 Å². The van der Waals surface area contributed by atoms with Crippen LogP contribution in [-0.4, -0.2) is 27.6 Å². The standard InChI is InChI=1S/C20H18ClN5O/c21-14-4-1-3-12(7-14)16(8-22)20(27)26-18-6-2-5-15-17(11-23-19(15)18)13-9-24-25-10-13/h1-7,9-11,16,23H,8,22H2,(H,24,25)(H,26,27). The summed E-state index contributed by atoms with van der Waals surface area (Å²) < 4.78 is 0. The van der Waals surface area contributed by atoms with E-state index in [0.717, 1.165) is 27.6 Å². The van der Waals surface area contributed by atoms with E-state index in [0.29, 0.717) is 10.7 Å². The van der Waals surface area contributed by atoms with Crippen molar-refractivity contribution >= 4 is 34.1 Å². The highest BCUT2D eigenvalue weighted by molar-refractivity contribution is 6.30. The number of para-hydroxylation sites is 1. The number of amides is 1. The lowest BCUT2D eigenvalue weighted by molar-refractivity contribution is -0.117. The van der Waals surface area contributed by atoms with Crippen LogP contribution in [0.4, 0.5) is 5.69 Å². The summed E-state index contributed by atoms with van der Waals surface area (Å²) in [4.78, 5) is 16.1. The zero-order chi connectivity index (χ0) is 18.8. The molecule has 0 spiro atoms. The molecule has 0 aliphatic heterocycles. The van der Waals surface area contributed by atoms with Crippen molar-refractivity contribution in [3.8, 4) is 11.1 Å². The van der Waals surface area contributed by atoms with Gasteiger partial charge in [0.15, 0.2) is 0 Å². The van der Waals surface area contributed by atoms with Crippen molar-refractivity contribution < 1.29 is 4.79 Å². The first kappa shape index (κ1) is 17.3. The van der Waals surface area contributed by atoms with E-state index in [-0.39, 0.29) is 12.5 Å². The normalized spacial score (nSPS) is 12.2. The third kappa shape index (κ3) is 3.32. The number of hydrogen-bond donors (Lipinski definition) is 4. The summed E-state index contributed by atoms with van der Waals surface area (Å²) in [6, 6.07) is 13.0. The van der Waals surface area contributed by atoms with Gasteiger partial charge in [-0.2, -0.15) is 5.10 Å². The number of fused-ring (bicyclic) bond motifs is 1. The van der Waals surface area contributed by atoms with Gasteiger partial charge in [-0.25, -0.2) is 0 Å². The molecule has 0 aliphatic carbocycles. The fourth-order valence-electron chi connectivity index (χ4n) is 3.23. The maximum atomic E-state index is 12.9. The van der Waals surface area contributed by atoms with E-state index in [2.05, 4.69) is 20.5 Å². The molecule has 0 radical (unpaired) electrons. The summed E-state index contributed by atoms with van der Waals surface area (Å²) in [6.07, 6.45) is 5.50. The Kier molecular flexibility index (Phi) is 4.66. The lowest BCUT2D eigenvalue weighted by Gasteiger charge is -2.16. The van der Waals surface area contributed by atoms with Crippen LogP contribution in [0.25, 0.3) is 22.0 Å². The predicted molar refractivity (Wildman–Crippen MR) is 108 cm³/mol. The number of H-pyrrole nitrogens is 2. The Bertz CT molecular complexity index is 1090. The first-order valence-electron chi connectivity index (χ1n) is 8.53. The molecule has 0 aliphatic rings. The lowest BCUT2D eigenvalue weighted by Crippen LogP contribution is -2.27. The molecule has 4 rings (SSSR count). The Morgan fingerprint density at radius 1 is 1.22 bits per heavy atom. The van der Waals surface area contributed by atoms with E-state index in [1.54, 1.807) is 18.3 Å². The summed E-state index contributed by atoms with van der Waals surface area (Å²) >= 11 is 6.06. The SMILES string of the molecule is NCC(C(=O)Nc1cccc2c(-c3cn[nH]c3)c[nH]c12)c1cccc(Cl)c1. The number of benzene rings is 2. The monoisotopic (exact) mass is 379 g/mol. The molecule has 5 N–H and O–H groups in total. The van der Waals surface area contributed by atoms with Crippen molar-refractivity contribution in [2.45, 2.75) is 5.92 Å². The molecule has 136 valence electrons. The average molecular weight is 380 g/mol. The number of hydrogen-bond acceptors (Lipinski definition) is 3. The first-order valence-corrected chi connectivity index (χ1v) is 8.91. The van der Waals surface area contributed by atoms with Gasteiger partial charge in [0.1, 0.15) is 0 Å². The highest BCUT2D eigenvalue weighted by Gasteiger charge is 2.21. The number of anilines is 1. The summed E-state index contributed by atoms with van der Waals surface area (Å²) in [6.45, 7) is 0.188. The van der Waals surface area contributed by atoms with Crippen LogP contribution in [0.2, 0.25) is 5.02 Å². The van der Waals surface area contributed by atoms with Crippen LogP contribution >= 0.6 is 11.6 Å². The van der Waals surface area contributed by atoms with Crippen LogP contribution in [0.15, 0.2) is 61.1 Å². The van der Waals surface area contributed by atoms with Crippen molar-refractivity contribution in [1.82, 2.24) is 15.2 Å². The molecule has 2 heterocycles. The Hall–Kier alpha value is -3.09. The smallest absolute Gasteiger partial charge is 0.233 e. The van der Waals surface area contributed by atoms with E-state index in [4.69, 9.17) is 17.3 Å². The second-order valence-electron chi connectivity index (χ2n) is 6.25. The maximum absolute atomic E-state index is 12.9. The number of rotatable bonds is 5. The molecule has 0 bridgehead atoms. The Balaban J connectivity index is 1.66. The van der Waals surface area contributed by atoms with Gasteiger partial charge in [0.25, 0.3) is 0 Å². The van der Waals surface area contributed by atoms with Gasteiger partial charge in [0, 0.05) is 40.5 Å². The third-order valence-corrected chi connectivity index (χ3v) is 4.82. The second kappa shape index (κ2) is 7.26. The summed E-state index contributed by atoms with van der Waals surface area (Å²) in [7, 11) is 0. The largest absolute Gasteiger partial charge is 0.359 e. The number of aromatic amines is 2. The average Bonchev–Trinajstić information content (AvgIpc) is 3.32. The minimum Gasteiger partial charge on any atom is -0.359 e. The summed E-state index contributed by atoms with van der Waals surface area (Å²) in [5.41, 5.74) is 10.2. The fourth-order valence-corrected chi connectivity index (χ4v) is 3.43. The van der Waals surface area contributed by atoms with E-state index in [9.17, 15) is 4.79 Å². The van der Waals surface area contributed by atoms with Crippen molar-refractivity contribution in [3.05, 3.63) is 71.6 Å². The molecule has 1 amide bonds. The van der Waals surface area contributed by atoms with E-state index in [1.165, 1.54) is 0 Å². The molecule has 1 unspecified atom stereocenters. The van der Waals surface area contributed by atoms with Gasteiger partial charge in [-0.15, -0.1) is 0 Å².